The molecule has 3 aliphatic heterocycles. The molecule has 140 valence electrons. The van der Waals surface area contributed by atoms with Gasteiger partial charge in [0.15, 0.2) is 13.5 Å². The van der Waals surface area contributed by atoms with Gasteiger partial charge in [-0.25, -0.2) is 16.8 Å². The molecule has 0 aromatic rings. The van der Waals surface area contributed by atoms with Gasteiger partial charge in [0.1, 0.15) is 51.5 Å². The van der Waals surface area contributed by atoms with Crippen molar-refractivity contribution in [1.29, 1.82) is 0 Å². The van der Waals surface area contributed by atoms with Gasteiger partial charge in [0.2, 0.25) is 0 Å². The SMILES string of the molecule is O=S(=O)([O-])CC1C[N+]2(CC[N+]3(CC2)COC(CS(=O)(=O)[O-])C3)CO1. The average molecular weight is 386 g/mol. The summed E-state index contributed by atoms with van der Waals surface area (Å²) in [7, 11) is -8.61. The van der Waals surface area contributed by atoms with Crippen LogP contribution in [0.3, 0.4) is 0 Å². The van der Waals surface area contributed by atoms with Crippen molar-refractivity contribution in [3.05, 3.63) is 0 Å². The first-order valence-electron chi connectivity index (χ1n) is 7.79. The maximum atomic E-state index is 10.9. The van der Waals surface area contributed by atoms with E-state index in [1.54, 1.807) is 0 Å². The second kappa shape index (κ2) is 6.13. The second-order valence-electron chi connectivity index (χ2n) is 7.23. The molecule has 0 amide bonds. The molecule has 0 aliphatic carbocycles. The Morgan fingerprint density at radius 3 is 1.38 bits per heavy atom. The van der Waals surface area contributed by atoms with Crippen molar-refractivity contribution in [2.75, 3.05) is 64.2 Å². The molecule has 3 rings (SSSR count). The van der Waals surface area contributed by atoms with E-state index in [4.69, 9.17) is 9.47 Å². The van der Waals surface area contributed by atoms with Crippen LogP contribution in [0.25, 0.3) is 0 Å². The van der Waals surface area contributed by atoms with Crippen molar-refractivity contribution in [2.24, 2.45) is 0 Å². The standard InChI is InChI=1S/C12H22N2O8S2/c15-23(16,17)7-11-5-13(9-21-11)1-2-14(4-3-13)6-12(22-10-14)8-24(18,19)20/h11-12H,1-10H2. The maximum absolute atomic E-state index is 10.9. The third-order valence-electron chi connectivity index (χ3n) is 5.23. The van der Waals surface area contributed by atoms with Crippen LogP contribution in [-0.2, 0) is 29.7 Å². The Bertz CT molecular complexity index is 624. The lowest BCUT2D eigenvalue weighted by atomic mass is 10.2. The summed E-state index contributed by atoms with van der Waals surface area (Å²) in [6, 6.07) is 0. The van der Waals surface area contributed by atoms with E-state index in [0.717, 1.165) is 26.2 Å². The largest absolute Gasteiger partial charge is 0.748 e. The summed E-state index contributed by atoms with van der Waals surface area (Å²) in [5, 5.41) is 0. The van der Waals surface area contributed by atoms with Crippen LogP contribution in [0.4, 0.5) is 0 Å². The van der Waals surface area contributed by atoms with Crippen molar-refractivity contribution >= 4 is 20.2 Å². The number of rotatable bonds is 4. The normalized spacial score (nSPS) is 40.6. The monoisotopic (exact) mass is 386 g/mol. The number of piperazine rings is 1. The molecule has 3 heterocycles. The number of quaternary nitrogens is 2. The summed E-state index contributed by atoms with van der Waals surface area (Å²) in [4.78, 5) is 0. The number of ether oxygens (including phenoxy) is 2. The van der Waals surface area contributed by atoms with Crippen molar-refractivity contribution in [2.45, 2.75) is 12.2 Å². The lowest BCUT2D eigenvalue weighted by molar-refractivity contribution is -1.03. The van der Waals surface area contributed by atoms with Gasteiger partial charge in [0.05, 0.1) is 31.7 Å². The van der Waals surface area contributed by atoms with E-state index in [1.807, 2.05) is 0 Å². The highest BCUT2D eigenvalue weighted by molar-refractivity contribution is 7.85. The van der Waals surface area contributed by atoms with Gasteiger partial charge in [-0.1, -0.05) is 0 Å². The van der Waals surface area contributed by atoms with Gasteiger partial charge < -0.3 is 18.6 Å². The van der Waals surface area contributed by atoms with Crippen LogP contribution in [0.2, 0.25) is 0 Å². The molecule has 24 heavy (non-hydrogen) atoms. The van der Waals surface area contributed by atoms with Crippen LogP contribution in [0.5, 0.6) is 0 Å². The fraction of sp³-hybridized carbons (Fsp3) is 1.00. The molecule has 2 unspecified atom stereocenters. The van der Waals surface area contributed by atoms with E-state index in [-0.39, 0.29) is 0 Å². The van der Waals surface area contributed by atoms with E-state index in [0.29, 0.717) is 35.5 Å². The van der Waals surface area contributed by atoms with Gasteiger partial charge in [-0.3, -0.25) is 8.97 Å². The van der Waals surface area contributed by atoms with Crippen LogP contribution < -0.4 is 0 Å². The minimum absolute atomic E-state index is 0.388. The Kier molecular flexibility index (Phi) is 4.71. The minimum Gasteiger partial charge on any atom is -0.748 e. The smallest absolute Gasteiger partial charge is 0.184 e. The summed E-state index contributed by atoms with van der Waals surface area (Å²) < 4.78 is 77.5. The van der Waals surface area contributed by atoms with Crippen LogP contribution in [0.15, 0.2) is 0 Å². The maximum Gasteiger partial charge on any atom is 0.184 e. The lowest BCUT2D eigenvalue weighted by Crippen LogP contribution is -2.65. The summed E-state index contributed by atoms with van der Waals surface area (Å²) in [5.41, 5.74) is 0. The Balaban J connectivity index is 1.55. The van der Waals surface area contributed by atoms with Gasteiger partial charge in [0.25, 0.3) is 0 Å². The van der Waals surface area contributed by atoms with Crippen LogP contribution in [0, 0.1) is 0 Å². The van der Waals surface area contributed by atoms with E-state index in [9.17, 15) is 25.9 Å². The van der Waals surface area contributed by atoms with E-state index >= 15 is 0 Å². The first-order chi connectivity index (χ1) is 11.0. The first kappa shape index (κ1) is 18.5. The highest BCUT2D eigenvalue weighted by Crippen LogP contribution is 2.29. The zero-order valence-electron chi connectivity index (χ0n) is 13.2. The predicted octanol–water partition coefficient (Wildman–Crippen LogP) is -2.56. The van der Waals surface area contributed by atoms with Crippen LogP contribution in [0.1, 0.15) is 0 Å². The molecular formula is C12H22N2O8S2. The Morgan fingerprint density at radius 1 is 0.750 bits per heavy atom. The van der Waals surface area contributed by atoms with E-state index < -0.39 is 43.9 Å². The molecular weight excluding hydrogens is 364 g/mol. The molecule has 2 spiro atoms. The molecule has 10 nitrogen and oxygen atoms in total. The minimum atomic E-state index is -4.31. The molecule has 0 saturated carbocycles. The molecule has 0 aromatic heterocycles. The van der Waals surface area contributed by atoms with Crippen LogP contribution >= 0.6 is 0 Å². The van der Waals surface area contributed by atoms with Crippen LogP contribution in [-0.4, -0.2) is 111 Å². The van der Waals surface area contributed by atoms with Gasteiger partial charge in [-0.05, 0) is 0 Å². The van der Waals surface area contributed by atoms with E-state index in [2.05, 4.69) is 0 Å². The molecule has 0 radical (unpaired) electrons. The Morgan fingerprint density at radius 2 is 1.08 bits per heavy atom. The first-order valence-corrected chi connectivity index (χ1v) is 10.9. The predicted molar refractivity (Wildman–Crippen MR) is 78.3 cm³/mol. The number of hydrogen-bond donors (Lipinski definition) is 0. The molecule has 3 saturated heterocycles. The van der Waals surface area contributed by atoms with Gasteiger partial charge in [-0.15, -0.1) is 0 Å². The summed E-state index contributed by atoms with van der Waals surface area (Å²) in [5.74, 6) is -1.00. The quantitative estimate of drug-likeness (QED) is 0.380. The second-order valence-corrected chi connectivity index (χ2v) is 10.1. The lowest BCUT2D eigenvalue weighted by Gasteiger charge is -2.44. The summed E-state index contributed by atoms with van der Waals surface area (Å²) >= 11 is 0. The number of hydrogen-bond acceptors (Lipinski definition) is 8. The number of nitrogens with zero attached hydrogens (tertiary/aromatic N) is 2. The van der Waals surface area contributed by atoms with Crippen molar-refractivity contribution in [3.8, 4) is 0 Å². The van der Waals surface area contributed by atoms with Gasteiger partial charge in [-0.2, -0.15) is 0 Å². The zero-order valence-corrected chi connectivity index (χ0v) is 14.8. The van der Waals surface area contributed by atoms with Crippen molar-refractivity contribution in [1.82, 2.24) is 0 Å². The highest BCUT2D eigenvalue weighted by atomic mass is 32.2. The third kappa shape index (κ3) is 4.43. The Hall–Kier alpha value is -0.340. The molecule has 3 aliphatic rings. The molecule has 0 bridgehead atoms. The average Bonchev–Trinajstić information content (AvgIpc) is 2.96. The van der Waals surface area contributed by atoms with E-state index in [1.165, 1.54) is 0 Å². The summed E-state index contributed by atoms with van der Waals surface area (Å²) in [6.45, 7) is 4.76. The third-order valence-corrected chi connectivity index (χ3v) is 6.79. The van der Waals surface area contributed by atoms with Gasteiger partial charge in [0, 0.05) is 0 Å². The molecule has 3 fully saturated rings. The molecule has 0 N–H and O–H groups in total. The summed E-state index contributed by atoms with van der Waals surface area (Å²) in [6.07, 6.45) is -1.13. The zero-order chi connectivity index (χ0) is 17.6. The fourth-order valence-corrected chi connectivity index (χ4v) is 5.27. The molecule has 2 atom stereocenters. The topological polar surface area (TPSA) is 133 Å². The fourth-order valence-electron chi connectivity index (χ4n) is 3.95. The van der Waals surface area contributed by atoms with Crippen molar-refractivity contribution in [3.63, 3.8) is 0 Å². The highest BCUT2D eigenvalue weighted by Gasteiger charge is 2.50. The van der Waals surface area contributed by atoms with Crippen molar-refractivity contribution < 1.29 is 44.4 Å². The van der Waals surface area contributed by atoms with Gasteiger partial charge >= 0.3 is 0 Å². The Labute approximate surface area is 141 Å². The molecule has 12 heteroatoms. The molecule has 0 aromatic carbocycles.